The van der Waals surface area contributed by atoms with Crippen LogP contribution >= 0.6 is 11.6 Å². The molecule has 1 unspecified atom stereocenters. The fourth-order valence-corrected chi connectivity index (χ4v) is 2.81. The summed E-state index contributed by atoms with van der Waals surface area (Å²) in [6.07, 6.45) is 0. The third-order valence-electron chi connectivity index (χ3n) is 1.78. The molecular weight excluding hydrogens is 238 g/mol. The normalized spacial score (nSPS) is 13.4. The van der Waals surface area contributed by atoms with Crippen molar-refractivity contribution >= 4 is 27.3 Å². The molecule has 0 fully saturated rings. The van der Waals surface area contributed by atoms with Gasteiger partial charge < -0.3 is 5.73 Å². The molecule has 0 spiro atoms. The fraction of sp³-hybridized carbons (Fsp3) is 0.222. The SMILES string of the molecule is NC(=O)C(Cl)CS(=O)(=O)c1ccccc1. The highest BCUT2D eigenvalue weighted by molar-refractivity contribution is 7.91. The second-order valence-electron chi connectivity index (χ2n) is 2.96. The van der Waals surface area contributed by atoms with Gasteiger partial charge in [-0.3, -0.25) is 4.79 Å². The first kappa shape index (κ1) is 12.0. The maximum absolute atomic E-state index is 11.7. The van der Waals surface area contributed by atoms with Gasteiger partial charge in [-0.25, -0.2) is 8.42 Å². The first-order chi connectivity index (χ1) is 6.93. The zero-order valence-electron chi connectivity index (χ0n) is 7.76. The number of sulfone groups is 1. The quantitative estimate of drug-likeness (QED) is 0.790. The molecule has 4 nitrogen and oxygen atoms in total. The number of nitrogens with two attached hydrogens (primary N) is 1. The zero-order valence-corrected chi connectivity index (χ0v) is 9.33. The number of carbonyl (C=O) groups is 1. The van der Waals surface area contributed by atoms with Crippen LogP contribution in [0.1, 0.15) is 0 Å². The summed E-state index contributed by atoms with van der Waals surface area (Å²) >= 11 is 5.50. The molecule has 0 saturated carbocycles. The van der Waals surface area contributed by atoms with Crippen molar-refractivity contribution in [2.75, 3.05) is 5.75 Å². The number of hydrogen-bond acceptors (Lipinski definition) is 3. The summed E-state index contributed by atoms with van der Waals surface area (Å²) in [5, 5.41) is -1.20. The van der Waals surface area contributed by atoms with Gasteiger partial charge in [-0.1, -0.05) is 18.2 Å². The molecule has 15 heavy (non-hydrogen) atoms. The fourth-order valence-electron chi connectivity index (χ4n) is 0.999. The molecule has 1 rings (SSSR count). The van der Waals surface area contributed by atoms with Crippen LogP contribution in [0.4, 0.5) is 0 Å². The van der Waals surface area contributed by atoms with Crippen molar-refractivity contribution in [3.05, 3.63) is 30.3 Å². The Morgan fingerprint density at radius 3 is 2.33 bits per heavy atom. The van der Waals surface area contributed by atoms with Gasteiger partial charge in [0.1, 0.15) is 5.38 Å². The lowest BCUT2D eigenvalue weighted by Crippen LogP contribution is -2.30. The Morgan fingerprint density at radius 1 is 1.33 bits per heavy atom. The number of amides is 1. The van der Waals surface area contributed by atoms with E-state index in [0.717, 1.165) is 0 Å². The lowest BCUT2D eigenvalue weighted by atomic mass is 10.4. The average Bonchev–Trinajstić information content (AvgIpc) is 2.18. The molecule has 1 aromatic rings. The maximum Gasteiger partial charge on any atom is 0.236 e. The van der Waals surface area contributed by atoms with Gasteiger partial charge in [0.15, 0.2) is 9.84 Å². The van der Waals surface area contributed by atoms with Crippen LogP contribution in [-0.4, -0.2) is 25.5 Å². The maximum atomic E-state index is 11.7. The van der Waals surface area contributed by atoms with Crippen LogP contribution in [0.5, 0.6) is 0 Å². The van der Waals surface area contributed by atoms with Crippen LogP contribution < -0.4 is 5.73 Å². The van der Waals surface area contributed by atoms with E-state index in [0.29, 0.717) is 0 Å². The predicted molar refractivity (Wildman–Crippen MR) is 57.3 cm³/mol. The Morgan fingerprint density at radius 2 is 1.87 bits per heavy atom. The van der Waals surface area contributed by atoms with E-state index in [1.165, 1.54) is 12.1 Å². The summed E-state index contributed by atoms with van der Waals surface area (Å²) in [4.78, 5) is 10.8. The van der Waals surface area contributed by atoms with Crippen molar-refractivity contribution in [2.24, 2.45) is 5.73 Å². The molecular formula is C9H10ClNO3S. The average molecular weight is 248 g/mol. The second kappa shape index (κ2) is 4.63. The molecule has 6 heteroatoms. The van der Waals surface area contributed by atoms with Crippen LogP contribution in [0.25, 0.3) is 0 Å². The number of hydrogen-bond donors (Lipinski definition) is 1. The molecule has 82 valence electrons. The van der Waals surface area contributed by atoms with Crippen molar-refractivity contribution in [1.82, 2.24) is 0 Å². The van der Waals surface area contributed by atoms with Crippen molar-refractivity contribution in [3.63, 3.8) is 0 Å². The van der Waals surface area contributed by atoms with Crippen LogP contribution in [0.2, 0.25) is 0 Å². The molecule has 1 aromatic carbocycles. The molecule has 0 heterocycles. The number of halogens is 1. The van der Waals surface area contributed by atoms with Gasteiger partial charge in [-0.05, 0) is 12.1 Å². The summed E-state index contributed by atoms with van der Waals surface area (Å²) in [5.74, 6) is -1.32. The number of rotatable bonds is 4. The first-order valence-corrected chi connectivity index (χ1v) is 6.23. The lowest BCUT2D eigenvalue weighted by Gasteiger charge is -2.06. The van der Waals surface area contributed by atoms with Gasteiger partial charge in [-0.2, -0.15) is 0 Å². The van der Waals surface area contributed by atoms with Crippen molar-refractivity contribution in [1.29, 1.82) is 0 Å². The highest BCUT2D eigenvalue weighted by Crippen LogP contribution is 2.13. The summed E-state index contributed by atoms with van der Waals surface area (Å²) in [6, 6.07) is 7.78. The van der Waals surface area contributed by atoms with Crippen LogP contribution in [-0.2, 0) is 14.6 Å². The number of alkyl halides is 1. The largest absolute Gasteiger partial charge is 0.368 e. The van der Waals surface area contributed by atoms with Gasteiger partial charge in [0, 0.05) is 0 Å². The summed E-state index contributed by atoms with van der Waals surface area (Å²) in [6.45, 7) is 0. The van der Waals surface area contributed by atoms with E-state index in [1.54, 1.807) is 18.2 Å². The molecule has 1 atom stereocenters. The van der Waals surface area contributed by atoms with Gasteiger partial charge in [0.05, 0.1) is 10.6 Å². The molecule has 0 saturated heterocycles. The molecule has 0 bridgehead atoms. The summed E-state index contributed by atoms with van der Waals surface area (Å²) in [7, 11) is -3.54. The molecule has 0 radical (unpaired) electrons. The van der Waals surface area contributed by atoms with E-state index >= 15 is 0 Å². The minimum atomic E-state index is -3.54. The topological polar surface area (TPSA) is 77.2 Å². The van der Waals surface area contributed by atoms with Gasteiger partial charge >= 0.3 is 0 Å². The molecule has 2 N–H and O–H groups in total. The first-order valence-electron chi connectivity index (χ1n) is 4.14. The molecule has 0 aliphatic carbocycles. The Bertz CT molecular complexity index is 444. The van der Waals surface area contributed by atoms with Crippen molar-refractivity contribution < 1.29 is 13.2 Å². The Labute approximate surface area is 93.0 Å². The van der Waals surface area contributed by atoms with E-state index in [-0.39, 0.29) is 4.90 Å². The van der Waals surface area contributed by atoms with Crippen LogP contribution in [0, 0.1) is 0 Å². The van der Waals surface area contributed by atoms with E-state index in [2.05, 4.69) is 0 Å². The summed E-state index contributed by atoms with van der Waals surface area (Å²) in [5.41, 5.74) is 4.89. The standard InChI is InChI=1S/C9H10ClNO3S/c10-8(9(11)12)6-15(13,14)7-4-2-1-3-5-7/h1-5,8H,6H2,(H2,11,12). The van der Waals surface area contributed by atoms with E-state index in [4.69, 9.17) is 17.3 Å². The number of carbonyl (C=O) groups excluding carboxylic acids is 1. The summed E-state index contributed by atoms with van der Waals surface area (Å²) < 4.78 is 23.3. The molecule has 1 amide bonds. The third-order valence-corrected chi connectivity index (χ3v) is 4.09. The lowest BCUT2D eigenvalue weighted by molar-refractivity contribution is -0.117. The number of primary amides is 1. The van der Waals surface area contributed by atoms with E-state index in [1.807, 2.05) is 0 Å². The zero-order chi connectivity index (χ0) is 11.5. The minimum Gasteiger partial charge on any atom is -0.368 e. The smallest absolute Gasteiger partial charge is 0.236 e. The van der Waals surface area contributed by atoms with E-state index < -0.39 is 26.9 Å². The molecule has 0 aliphatic heterocycles. The molecule has 0 aromatic heterocycles. The van der Waals surface area contributed by atoms with Crippen LogP contribution in [0.15, 0.2) is 35.2 Å². The van der Waals surface area contributed by atoms with Gasteiger partial charge in [-0.15, -0.1) is 11.6 Å². The number of benzene rings is 1. The second-order valence-corrected chi connectivity index (χ2v) is 5.53. The molecule has 0 aliphatic rings. The Kier molecular flexibility index (Phi) is 3.71. The third kappa shape index (κ3) is 3.21. The van der Waals surface area contributed by atoms with Crippen molar-refractivity contribution in [3.8, 4) is 0 Å². The monoisotopic (exact) mass is 247 g/mol. The van der Waals surface area contributed by atoms with E-state index in [9.17, 15) is 13.2 Å². The van der Waals surface area contributed by atoms with Crippen LogP contribution in [0.3, 0.4) is 0 Å². The minimum absolute atomic E-state index is 0.136. The van der Waals surface area contributed by atoms with Gasteiger partial charge in [0.2, 0.25) is 5.91 Å². The predicted octanol–water partition coefficient (Wildman–Crippen LogP) is 0.553. The Hall–Kier alpha value is -1.07. The van der Waals surface area contributed by atoms with Gasteiger partial charge in [0.25, 0.3) is 0 Å². The highest BCUT2D eigenvalue weighted by Gasteiger charge is 2.22. The highest BCUT2D eigenvalue weighted by atomic mass is 35.5. The Balaban J connectivity index is 2.91. The van der Waals surface area contributed by atoms with Crippen molar-refractivity contribution in [2.45, 2.75) is 10.3 Å².